The zero-order valence-corrected chi connectivity index (χ0v) is 27.0. The first-order valence-electron chi connectivity index (χ1n) is 14.9. The first-order chi connectivity index (χ1) is 20.6. The summed E-state index contributed by atoms with van der Waals surface area (Å²) in [5.41, 5.74) is -0.0342. The Kier molecular flexibility index (Phi) is 9.77. The molecule has 3 N–H and O–H groups in total. The number of pyridine rings is 1. The van der Waals surface area contributed by atoms with Crippen molar-refractivity contribution in [1.29, 1.82) is 0 Å². The molecule has 0 spiro atoms. The highest BCUT2D eigenvalue weighted by atomic mass is 35.5. The maximum atomic E-state index is 14.3. The van der Waals surface area contributed by atoms with E-state index in [-0.39, 0.29) is 24.9 Å². The molecular weight excluding hydrogens is 586 g/mol. The van der Waals surface area contributed by atoms with Crippen LogP contribution in [0.3, 0.4) is 0 Å². The van der Waals surface area contributed by atoms with Gasteiger partial charge in [-0.2, -0.15) is 0 Å². The number of amides is 4. The van der Waals surface area contributed by atoms with Crippen LogP contribution in [0.15, 0.2) is 36.5 Å². The number of benzene rings is 1. The Labute approximate surface area is 263 Å². The maximum Gasteiger partial charge on any atom is 0.408 e. The van der Waals surface area contributed by atoms with Crippen molar-refractivity contribution in [3.63, 3.8) is 0 Å². The lowest BCUT2D eigenvalue weighted by molar-refractivity contribution is -0.144. The van der Waals surface area contributed by atoms with Crippen molar-refractivity contribution in [2.45, 2.75) is 103 Å². The molecule has 1 aromatic carbocycles. The quantitative estimate of drug-likeness (QED) is 0.403. The standard InChI is InChI=1S/C32H42ClN5O6/c1-30(2,3)43-28(41)36-18-21-11-12-23(33)17-22(21)19-35-26(39)24-10-8-16-38(24)27(40)32(37-29(42)44-31(4,5)6)14-13-20-9-7-15-34-25(20)32/h7,9,11-12,15,17,24H,8,10,13-14,16,18-19H2,1-6H3,(H,35,39)(H,36,41)(H,37,42)/t24-,32?/m0/s1. The Morgan fingerprint density at radius 2 is 1.66 bits per heavy atom. The highest BCUT2D eigenvalue weighted by Crippen LogP contribution is 2.39. The Morgan fingerprint density at radius 1 is 0.977 bits per heavy atom. The average Bonchev–Trinajstić information content (AvgIpc) is 3.55. The fraction of sp³-hybridized carbons (Fsp3) is 0.531. The van der Waals surface area contributed by atoms with Gasteiger partial charge in [-0.25, -0.2) is 9.59 Å². The SMILES string of the molecule is CC(C)(C)OC(=O)NCc1ccc(Cl)cc1CNC(=O)[C@@H]1CCCN1C(=O)C1(NC(=O)OC(C)(C)C)CCc2cccnc21. The first-order valence-corrected chi connectivity index (χ1v) is 15.2. The van der Waals surface area contributed by atoms with Gasteiger partial charge in [-0.05, 0) is 102 Å². The minimum atomic E-state index is -1.45. The fourth-order valence-electron chi connectivity index (χ4n) is 5.57. The van der Waals surface area contributed by atoms with Gasteiger partial charge in [-0.1, -0.05) is 23.7 Å². The summed E-state index contributed by atoms with van der Waals surface area (Å²) in [4.78, 5) is 59.1. The first kappa shape index (κ1) is 33.0. The van der Waals surface area contributed by atoms with Crippen molar-refractivity contribution < 1.29 is 28.7 Å². The van der Waals surface area contributed by atoms with Gasteiger partial charge < -0.3 is 30.3 Å². The third-order valence-electron chi connectivity index (χ3n) is 7.40. The molecule has 12 heteroatoms. The monoisotopic (exact) mass is 627 g/mol. The van der Waals surface area contributed by atoms with Gasteiger partial charge >= 0.3 is 12.2 Å². The van der Waals surface area contributed by atoms with Crippen LogP contribution in [0.5, 0.6) is 0 Å². The van der Waals surface area contributed by atoms with E-state index in [2.05, 4.69) is 20.9 Å². The molecule has 1 aromatic heterocycles. The number of nitrogens with one attached hydrogen (secondary N) is 3. The van der Waals surface area contributed by atoms with Crippen LogP contribution in [0.4, 0.5) is 9.59 Å². The smallest absolute Gasteiger partial charge is 0.408 e. The van der Waals surface area contributed by atoms with Gasteiger partial charge in [0.2, 0.25) is 5.91 Å². The zero-order valence-electron chi connectivity index (χ0n) is 26.2. The molecule has 1 aliphatic carbocycles. The average molecular weight is 628 g/mol. The highest BCUT2D eigenvalue weighted by molar-refractivity contribution is 6.30. The molecule has 4 rings (SSSR count). The van der Waals surface area contributed by atoms with Crippen LogP contribution in [-0.2, 0) is 44.1 Å². The molecule has 44 heavy (non-hydrogen) atoms. The van der Waals surface area contributed by atoms with Gasteiger partial charge in [-0.15, -0.1) is 0 Å². The Hall–Kier alpha value is -3.86. The second kappa shape index (κ2) is 13.0. The molecule has 4 amide bonds. The molecule has 2 heterocycles. The van der Waals surface area contributed by atoms with E-state index < -0.39 is 35.0 Å². The number of hydrogen-bond donors (Lipinski definition) is 3. The van der Waals surface area contributed by atoms with Crippen LogP contribution in [0.2, 0.25) is 5.02 Å². The number of alkyl carbamates (subject to hydrolysis) is 2. The Bertz CT molecular complexity index is 1420. The van der Waals surface area contributed by atoms with Crippen LogP contribution in [0.25, 0.3) is 0 Å². The van der Waals surface area contributed by atoms with Crippen molar-refractivity contribution in [2.75, 3.05) is 6.54 Å². The van der Waals surface area contributed by atoms with Crippen molar-refractivity contribution in [3.8, 4) is 0 Å². The van der Waals surface area contributed by atoms with Gasteiger partial charge in [0.25, 0.3) is 5.91 Å². The molecule has 1 unspecified atom stereocenters. The summed E-state index contributed by atoms with van der Waals surface area (Å²) in [7, 11) is 0. The third-order valence-corrected chi connectivity index (χ3v) is 7.64. The molecule has 1 saturated heterocycles. The van der Waals surface area contributed by atoms with Crippen molar-refractivity contribution in [3.05, 3.63) is 63.9 Å². The van der Waals surface area contributed by atoms with E-state index in [1.165, 1.54) is 0 Å². The van der Waals surface area contributed by atoms with Crippen LogP contribution >= 0.6 is 11.6 Å². The number of carbonyl (C=O) groups excluding carboxylic acids is 4. The van der Waals surface area contributed by atoms with E-state index in [9.17, 15) is 19.2 Å². The van der Waals surface area contributed by atoms with E-state index in [0.717, 1.165) is 16.7 Å². The van der Waals surface area contributed by atoms with Gasteiger partial charge in [0.15, 0.2) is 5.54 Å². The van der Waals surface area contributed by atoms with Crippen LogP contribution in [-0.4, -0.2) is 57.7 Å². The van der Waals surface area contributed by atoms with E-state index in [1.54, 1.807) is 76.9 Å². The molecule has 2 aliphatic rings. The lowest BCUT2D eigenvalue weighted by Gasteiger charge is -2.36. The molecule has 2 aromatic rings. The summed E-state index contributed by atoms with van der Waals surface area (Å²) < 4.78 is 10.8. The van der Waals surface area contributed by atoms with Gasteiger partial charge in [0.05, 0.1) is 5.69 Å². The molecule has 0 bridgehead atoms. The van der Waals surface area contributed by atoms with Gasteiger partial charge in [0.1, 0.15) is 17.2 Å². The minimum absolute atomic E-state index is 0.134. The van der Waals surface area contributed by atoms with Gasteiger partial charge in [-0.3, -0.25) is 14.6 Å². The van der Waals surface area contributed by atoms with E-state index in [1.807, 2.05) is 6.07 Å². The molecule has 11 nitrogen and oxygen atoms in total. The molecule has 2 atom stereocenters. The van der Waals surface area contributed by atoms with E-state index in [0.29, 0.717) is 42.9 Å². The molecular formula is C32H42ClN5O6. The minimum Gasteiger partial charge on any atom is -0.444 e. The Balaban J connectivity index is 1.50. The van der Waals surface area contributed by atoms with Gasteiger partial charge in [0, 0.05) is 30.9 Å². The number of halogens is 1. The summed E-state index contributed by atoms with van der Waals surface area (Å²) in [5.74, 6) is -0.711. The predicted octanol–water partition coefficient (Wildman–Crippen LogP) is 4.73. The lowest BCUT2D eigenvalue weighted by Crippen LogP contribution is -2.59. The number of ether oxygens (including phenoxy) is 2. The maximum absolute atomic E-state index is 14.3. The number of hydrogen-bond acceptors (Lipinski definition) is 7. The van der Waals surface area contributed by atoms with Crippen molar-refractivity contribution in [2.24, 2.45) is 0 Å². The van der Waals surface area contributed by atoms with Crippen LogP contribution < -0.4 is 16.0 Å². The molecule has 0 saturated carbocycles. The third kappa shape index (κ3) is 7.99. The number of rotatable bonds is 7. The number of fused-ring (bicyclic) bond motifs is 1. The highest BCUT2D eigenvalue weighted by Gasteiger charge is 2.53. The number of aromatic nitrogens is 1. The van der Waals surface area contributed by atoms with E-state index >= 15 is 0 Å². The predicted molar refractivity (Wildman–Crippen MR) is 165 cm³/mol. The zero-order chi connectivity index (χ0) is 32.3. The summed E-state index contributed by atoms with van der Waals surface area (Å²) in [6.45, 7) is 11.3. The number of likely N-dealkylation sites (tertiary alicyclic amines) is 1. The largest absolute Gasteiger partial charge is 0.444 e. The number of nitrogens with zero attached hydrogens (tertiary/aromatic N) is 2. The summed E-state index contributed by atoms with van der Waals surface area (Å²) in [5, 5.41) is 9.01. The second-order valence-electron chi connectivity index (χ2n) is 13.2. The second-order valence-corrected chi connectivity index (χ2v) is 13.6. The lowest BCUT2D eigenvalue weighted by atomic mass is 9.93. The molecule has 238 valence electrons. The summed E-state index contributed by atoms with van der Waals surface area (Å²) in [6.07, 6.45) is 2.26. The fourth-order valence-corrected chi connectivity index (χ4v) is 5.76. The van der Waals surface area contributed by atoms with Crippen molar-refractivity contribution >= 4 is 35.6 Å². The number of aryl methyl sites for hydroxylation is 1. The van der Waals surface area contributed by atoms with Crippen molar-refractivity contribution in [1.82, 2.24) is 25.8 Å². The van der Waals surface area contributed by atoms with Crippen LogP contribution in [0.1, 0.15) is 83.2 Å². The molecule has 0 radical (unpaired) electrons. The topological polar surface area (TPSA) is 139 Å². The summed E-state index contributed by atoms with van der Waals surface area (Å²) in [6, 6.07) is 8.17. The normalized spacial score (nSPS) is 19.6. The molecule has 1 fully saturated rings. The molecule has 1 aliphatic heterocycles. The Morgan fingerprint density at radius 3 is 2.36 bits per heavy atom. The van der Waals surface area contributed by atoms with Crippen LogP contribution in [0, 0.1) is 0 Å². The summed E-state index contributed by atoms with van der Waals surface area (Å²) >= 11 is 6.26. The number of carbonyl (C=O) groups is 4. The van der Waals surface area contributed by atoms with E-state index in [4.69, 9.17) is 21.1 Å².